The number of rotatable bonds is 34. The van der Waals surface area contributed by atoms with E-state index in [0.29, 0.717) is 11.8 Å². The van der Waals surface area contributed by atoms with Gasteiger partial charge in [0.15, 0.2) is 0 Å². The van der Waals surface area contributed by atoms with Crippen LogP contribution in [-0.4, -0.2) is 61.3 Å². The van der Waals surface area contributed by atoms with Crippen LogP contribution in [0.15, 0.2) is 24.3 Å². The molecule has 2 bridgehead atoms. The zero-order valence-electron chi connectivity index (χ0n) is 47.0. The van der Waals surface area contributed by atoms with E-state index in [4.69, 9.17) is 14.2 Å². The molecule has 0 fully saturated rings. The van der Waals surface area contributed by atoms with Crippen molar-refractivity contribution in [3.05, 3.63) is 57.6 Å². The van der Waals surface area contributed by atoms with Gasteiger partial charge in [0.25, 0.3) is 0 Å². The molecular weight excluding hydrogens is 821 g/mol. The van der Waals surface area contributed by atoms with Gasteiger partial charge in [-0.3, -0.25) is 4.74 Å². The van der Waals surface area contributed by atoms with Gasteiger partial charge in [0.2, 0.25) is 12.6 Å². The third kappa shape index (κ3) is 16.5. The van der Waals surface area contributed by atoms with Gasteiger partial charge in [0, 0.05) is 11.1 Å². The van der Waals surface area contributed by atoms with E-state index in [-0.39, 0.29) is 10.8 Å². The maximum absolute atomic E-state index is 7.26. The summed E-state index contributed by atoms with van der Waals surface area (Å²) in [5.41, 5.74) is 7.49. The molecule has 2 heterocycles. The second-order valence-electron chi connectivity index (χ2n) is 24.1. The molecule has 2 unspecified atom stereocenters. The van der Waals surface area contributed by atoms with E-state index in [1.807, 2.05) is 0 Å². The predicted octanol–water partition coefficient (Wildman–Crippen LogP) is 18.3. The molecule has 0 saturated heterocycles. The molecule has 67 heavy (non-hydrogen) atoms. The van der Waals surface area contributed by atoms with Gasteiger partial charge in [-0.05, 0) is 123 Å². The Balaban J connectivity index is 1.82. The Hall–Kier alpha value is -2.08. The van der Waals surface area contributed by atoms with Crippen molar-refractivity contribution in [1.82, 2.24) is 0 Å². The second kappa shape index (κ2) is 28.1. The van der Waals surface area contributed by atoms with Crippen molar-refractivity contribution in [2.45, 2.75) is 273 Å². The van der Waals surface area contributed by atoms with Gasteiger partial charge in [-0.1, -0.05) is 173 Å². The lowest BCUT2D eigenvalue weighted by Crippen LogP contribution is -2.51. The zero-order chi connectivity index (χ0) is 49.1. The van der Waals surface area contributed by atoms with Crippen LogP contribution in [0.5, 0.6) is 11.5 Å². The average molecular weight is 932 g/mol. The molecule has 5 nitrogen and oxygen atoms in total. The highest BCUT2D eigenvalue weighted by Gasteiger charge is 2.43. The van der Waals surface area contributed by atoms with Crippen LogP contribution in [0.25, 0.3) is 0 Å². The fraction of sp³-hybridized carbons (Fsp3) is 0.806. The second-order valence-corrected chi connectivity index (χ2v) is 24.1. The van der Waals surface area contributed by atoms with Gasteiger partial charge in [0.05, 0.1) is 63.5 Å². The number of quaternary nitrogens is 2. The number of hydrogen-bond donors (Lipinski definition) is 0. The Bertz CT molecular complexity index is 1610. The van der Waals surface area contributed by atoms with Crippen molar-refractivity contribution in [1.29, 1.82) is 0 Å². The molecule has 384 valence electrons. The zero-order valence-corrected chi connectivity index (χ0v) is 47.0. The molecule has 2 aromatic rings. The molecule has 2 atom stereocenters. The van der Waals surface area contributed by atoms with Crippen LogP contribution in [0.3, 0.4) is 0 Å². The number of ether oxygens (including phenoxy) is 3. The van der Waals surface area contributed by atoms with Crippen molar-refractivity contribution in [2.75, 3.05) is 52.4 Å². The van der Waals surface area contributed by atoms with E-state index in [1.165, 1.54) is 225 Å². The summed E-state index contributed by atoms with van der Waals surface area (Å²) in [4.78, 5) is 0. The minimum Gasteiger partial charge on any atom is -0.459 e. The van der Waals surface area contributed by atoms with Crippen LogP contribution < -0.4 is 9.47 Å². The molecule has 0 saturated carbocycles. The third-order valence-corrected chi connectivity index (χ3v) is 16.1. The van der Waals surface area contributed by atoms with E-state index in [1.54, 1.807) is 0 Å². The first-order valence-corrected chi connectivity index (χ1v) is 29.1. The molecule has 5 heteroatoms. The van der Waals surface area contributed by atoms with Crippen molar-refractivity contribution in [3.8, 4) is 11.5 Å². The van der Waals surface area contributed by atoms with E-state index < -0.39 is 12.6 Å². The summed E-state index contributed by atoms with van der Waals surface area (Å²) in [5.74, 6) is 3.01. The fourth-order valence-electron chi connectivity index (χ4n) is 11.7. The highest BCUT2D eigenvalue weighted by Crippen LogP contribution is 2.54. The fourth-order valence-corrected chi connectivity index (χ4v) is 11.7. The first-order chi connectivity index (χ1) is 32.1. The van der Waals surface area contributed by atoms with E-state index >= 15 is 0 Å². The first-order valence-electron chi connectivity index (χ1n) is 29.1. The number of benzene rings is 2. The lowest BCUT2D eigenvalue weighted by Gasteiger charge is -2.42. The van der Waals surface area contributed by atoms with Crippen molar-refractivity contribution < 1.29 is 23.2 Å². The molecule has 2 aromatic carbocycles. The smallest absolute Gasteiger partial charge is 0.233 e. The molecule has 2 aliphatic heterocycles. The summed E-state index contributed by atoms with van der Waals surface area (Å²) in [5, 5.41) is 0. The summed E-state index contributed by atoms with van der Waals surface area (Å²) in [6, 6.07) is 10.0. The molecule has 4 rings (SSSR count). The minimum absolute atomic E-state index is 0.0869. The van der Waals surface area contributed by atoms with Gasteiger partial charge in [0.1, 0.15) is 11.5 Å². The molecule has 0 spiro atoms. The summed E-state index contributed by atoms with van der Waals surface area (Å²) >= 11 is 0. The lowest BCUT2D eigenvalue weighted by molar-refractivity contribution is -0.929. The van der Waals surface area contributed by atoms with Crippen LogP contribution in [0, 0.1) is 0 Å². The minimum atomic E-state index is -0.492. The monoisotopic (exact) mass is 931 g/mol. The summed E-state index contributed by atoms with van der Waals surface area (Å²) in [6.45, 7) is 43.8. The Morgan fingerprint density at radius 2 is 0.657 bits per heavy atom. The van der Waals surface area contributed by atoms with E-state index in [2.05, 4.69) is 121 Å². The van der Waals surface area contributed by atoms with Crippen molar-refractivity contribution in [3.63, 3.8) is 0 Å². The molecule has 0 aromatic heterocycles. The molecule has 2 aliphatic rings. The van der Waals surface area contributed by atoms with Crippen LogP contribution in [-0.2, 0) is 15.6 Å². The average Bonchev–Trinajstić information content (AvgIpc) is 3.30. The highest BCUT2D eigenvalue weighted by molar-refractivity contribution is 5.55. The van der Waals surface area contributed by atoms with Crippen molar-refractivity contribution in [2.24, 2.45) is 0 Å². The standard InChI is InChI=1S/C62H110N2O3/c1-15-23-33-49(34-24-16-2)51-45-53-57(55(47-51)61(9,10)11)65-60-54-46-52(48-56(62(12,13)14)58(54)66-59(53)67-60)50(35-31-43-63(37-25-17-3,38-26-18-4)39-27-19-5)36-32-44-64(40-28-20-6,41-29-21-7)42-30-22-8/h45-50,59-60H,15-44H2,1-14H3/q+2. The van der Waals surface area contributed by atoms with Gasteiger partial charge < -0.3 is 18.4 Å². The van der Waals surface area contributed by atoms with Crippen LogP contribution >= 0.6 is 0 Å². The van der Waals surface area contributed by atoms with E-state index in [0.717, 1.165) is 22.6 Å². The summed E-state index contributed by atoms with van der Waals surface area (Å²) in [7, 11) is 0. The number of fused-ring (bicyclic) bond motifs is 6. The summed E-state index contributed by atoms with van der Waals surface area (Å²) < 4.78 is 24.1. The van der Waals surface area contributed by atoms with Gasteiger partial charge in [-0.15, -0.1) is 0 Å². The molecule has 0 N–H and O–H groups in total. The molecular formula is C62H110N2O3+2. The number of nitrogens with zero attached hydrogens (tertiary/aromatic N) is 2. The van der Waals surface area contributed by atoms with Gasteiger partial charge >= 0.3 is 0 Å². The quantitative estimate of drug-likeness (QED) is 0.0655. The van der Waals surface area contributed by atoms with Crippen LogP contribution in [0.2, 0.25) is 0 Å². The highest BCUT2D eigenvalue weighted by atomic mass is 16.8. The van der Waals surface area contributed by atoms with E-state index in [9.17, 15) is 0 Å². The van der Waals surface area contributed by atoms with Gasteiger partial charge in [-0.25, -0.2) is 0 Å². The van der Waals surface area contributed by atoms with Gasteiger partial charge in [-0.2, -0.15) is 0 Å². The Kier molecular flexibility index (Phi) is 24.1. The van der Waals surface area contributed by atoms with Crippen LogP contribution in [0.1, 0.15) is 296 Å². The largest absolute Gasteiger partial charge is 0.459 e. The molecule has 0 amide bonds. The molecule has 0 radical (unpaired) electrons. The topological polar surface area (TPSA) is 27.7 Å². The Morgan fingerprint density at radius 1 is 0.388 bits per heavy atom. The maximum atomic E-state index is 7.26. The van der Waals surface area contributed by atoms with Crippen molar-refractivity contribution >= 4 is 0 Å². The number of hydrogen-bond acceptors (Lipinski definition) is 3. The Morgan fingerprint density at radius 3 is 0.925 bits per heavy atom. The van der Waals surface area contributed by atoms with Crippen LogP contribution in [0.4, 0.5) is 0 Å². The summed E-state index contributed by atoms with van der Waals surface area (Å²) in [6.07, 6.45) is 27.2. The Labute approximate surface area is 416 Å². The predicted molar refractivity (Wildman–Crippen MR) is 290 cm³/mol. The molecule has 0 aliphatic carbocycles. The SMILES string of the molecule is CCCCC(CCCC)c1cc2c(c(C(C)(C)C)c1)OC1OC2Oc2c1cc(C(CCC[N+](CCCC)(CCCC)CCCC)CCC[N+](CCCC)(CCCC)CCCC)cc2C(C)(C)C. The maximum Gasteiger partial charge on any atom is 0.233 e. The normalized spacial score (nSPS) is 16.4. The number of unbranched alkanes of at least 4 members (excludes halogenated alkanes) is 8. The third-order valence-electron chi connectivity index (χ3n) is 16.1. The first kappa shape index (κ1) is 57.5. The lowest BCUT2D eigenvalue weighted by atomic mass is 9.79.